The molecule has 2 saturated carbocycles. The second-order valence-corrected chi connectivity index (χ2v) is 9.72. The van der Waals surface area contributed by atoms with Gasteiger partial charge >= 0.3 is 5.97 Å². The van der Waals surface area contributed by atoms with E-state index in [1.54, 1.807) is 24.5 Å². The lowest BCUT2D eigenvalue weighted by Crippen LogP contribution is -2.57. The molecule has 2 fully saturated rings. The number of aliphatic hydroxyl groups excluding tert-OH is 2. The van der Waals surface area contributed by atoms with Gasteiger partial charge in [-0.2, -0.15) is 0 Å². The van der Waals surface area contributed by atoms with Gasteiger partial charge in [0.05, 0.1) is 18.3 Å². The van der Waals surface area contributed by atoms with Gasteiger partial charge in [0.15, 0.2) is 0 Å². The minimum absolute atomic E-state index is 0.0438. The maximum Gasteiger partial charge on any atom is 0.343 e. The van der Waals surface area contributed by atoms with Gasteiger partial charge in [-0.25, -0.2) is 14.8 Å². The molecular formula is C25H31N3O4. The van der Waals surface area contributed by atoms with Crippen LogP contribution in [0, 0.1) is 22.7 Å². The topological polar surface area (TPSA) is 119 Å². The molecule has 0 amide bonds. The number of nitrogen functional groups attached to an aromatic ring is 1. The zero-order valence-corrected chi connectivity index (χ0v) is 18.6. The Kier molecular flexibility index (Phi) is 5.81. The van der Waals surface area contributed by atoms with Gasteiger partial charge in [-0.3, -0.25) is 0 Å². The Balaban J connectivity index is 1.59. The van der Waals surface area contributed by atoms with Crippen molar-refractivity contribution in [1.29, 1.82) is 0 Å². The summed E-state index contributed by atoms with van der Waals surface area (Å²) in [5.74, 6) is 0.400. The maximum atomic E-state index is 12.4. The number of aliphatic hydroxyl groups is 2. The Bertz CT molecular complexity index is 1010. The fraction of sp³-hybridized carbons (Fsp3) is 0.480. The molecule has 4 rings (SSSR count). The van der Waals surface area contributed by atoms with Gasteiger partial charge in [-0.15, -0.1) is 0 Å². The Morgan fingerprint density at radius 2 is 2.03 bits per heavy atom. The summed E-state index contributed by atoms with van der Waals surface area (Å²) in [6.07, 6.45) is 13.1. The third kappa shape index (κ3) is 3.80. The molecule has 1 aliphatic heterocycles. The molecule has 0 radical (unpaired) electrons. The van der Waals surface area contributed by atoms with Gasteiger partial charge in [0.1, 0.15) is 5.76 Å². The number of fused-ring (bicyclic) bond motifs is 1. The van der Waals surface area contributed by atoms with E-state index in [-0.39, 0.29) is 29.8 Å². The molecule has 170 valence electrons. The van der Waals surface area contributed by atoms with Crippen LogP contribution in [0.3, 0.4) is 0 Å². The SMILES string of the molecule is C=C1CCC2[C@](C)(CC[C@@H](O)[C@@]2(C)CO)C1/C=C/C1=CC(=C\c2cnc(N)nc2)/OC1=O. The smallest absolute Gasteiger partial charge is 0.343 e. The molecule has 0 aromatic carbocycles. The summed E-state index contributed by atoms with van der Waals surface area (Å²) in [5, 5.41) is 20.8. The number of carbonyl (C=O) groups excluding carboxylic acids is 1. The van der Waals surface area contributed by atoms with Crippen LogP contribution < -0.4 is 5.73 Å². The predicted octanol–water partition coefficient (Wildman–Crippen LogP) is 3.18. The van der Waals surface area contributed by atoms with Crippen molar-refractivity contribution in [1.82, 2.24) is 9.97 Å². The standard InChI is InChI=1S/C25H31N3O4/c1-15-4-7-20-24(2,9-8-21(30)25(20,3)14-29)19(15)6-5-17-11-18(32-22(17)31)10-16-12-27-23(26)28-13-16/h5-6,10-13,19-21,29-30H,1,4,7-9,14H2,2-3H3,(H2,26,27,28)/b6-5+,18-10+/t19?,20?,21-,24-,25+/m1/s1. The fourth-order valence-electron chi connectivity index (χ4n) is 5.87. The quantitative estimate of drug-likeness (QED) is 0.489. The first-order chi connectivity index (χ1) is 15.2. The summed E-state index contributed by atoms with van der Waals surface area (Å²) >= 11 is 0. The van der Waals surface area contributed by atoms with Crippen molar-refractivity contribution in [3.63, 3.8) is 0 Å². The molecule has 0 spiro atoms. The second kappa shape index (κ2) is 8.30. The highest BCUT2D eigenvalue weighted by Crippen LogP contribution is 2.61. The minimum Gasteiger partial charge on any atom is -0.423 e. The van der Waals surface area contributed by atoms with Crippen molar-refractivity contribution in [3.8, 4) is 0 Å². The summed E-state index contributed by atoms with van der Waals surface area (Å²) in [7, 11) is 0. The lowest BCUT2D eigenvalue weighted by atomic mass is 9.46. The van der Waals surface area contributed by atoms with Crippen LogP contribution in [0.1, 0.15) is 45.1 Å². The van der Waals surface area contributed by atoms with Gasteiger partial charge in [-0.05, 0) is 49.2 Å². The number of allylic oxidation sites excluding steroid dienone is 3. The lowest BCUT2D eigenvalue weighted by Gasteiger charge is -2.59. The third-order valence-electron chi connectivity index (χ3n) is 7.77. The third-order valence-corrected chi connectivity index (χ3v) is 7.77. The number of aromatic nitrogens is 2. The molecule has 32 heavy (non-hydrogen) atoms. The van der Waals surface area contributed by atoms with Gasteiger partial charge in [-0.1, -0.05) is 38.2 Å². The van der Waals surface area contributed by atoms with Crippen LogP contribution in [-0.2, 0) is 9.53 Å². The first-order valence-corrected chi connectivity index (χ1v) is 11.1. The van der Waals surface area contributed by atoms with E-state index in [1.165, 1.54) is 0 Å². The van der Waals surface area contributed by atoms with Crippen LogP contribution in [0.2, 0.25) is 0 Å². The predicted molar refractivity (Wildman–Crippen MR) is 122 cm³/mol. The first kappa shape index (κ1) is 22.4. The summed E-state index contributed by atoms with van der Waals surface area (Å²) in [6.45, 7) is 8.49. The molecule has 7 heteroatoms. The van der Waals surface area contributed by atoms with E-state index in [2.05, 4.69) is 23.5 Å². The van der Waals surface area contributed by atoms with Crippen molar-refractivity contribution in [2.45, 2.75) is 45.6 Å². The molecule has 1 aromatic heterocycles. The number of cyclic esters (lactones) is 1. The zero-order valence-electron chi connectivity index (χ0n) is 18.6. The van der Waals surface area contributed by atoms with Crippen molar-refractivity contribution in [2.75, 3.05) is 12.3 Å². The molecule has 3 aliphatic rings. The number of nitrogens with two attached hydrogens (primary N) is 1. The van der Waals surface area contributed by atoms with Crippen LogP contribution in [0.15, 0.2) is 54.1 Å². The number of anilines is 1. The fourth-order valence-corrected chi connectivity index (χ4v) is 5.87. The Labute approximate surface area is 188 Å². The molecule has 0 bridgehead atoms. The number of hydrogen-bond acceptors (Lipinski definition) is 7. The van der Waals surface area contributed by atoms with Gasteiger partial charge < -0.3 is 20.7 Å². The van der Waals surface area contributed by atoms with E-state index >= 15 is 0 Å². The Morgan fingerprint density at radius 3 is 2.72 bits per heavy atom. The van der Waals surface area contributed by atoms with E-state index < -0.39 is 17.5 Å². The number of hydrogen-bond donors (Lipinski definition) is 3. The summed E-state index contributed by atoms with van der Waals surface area (Å²) < 4.78 is 5.37. The Hall–Kier alpha value is -2.77. The molecule has 7 nitrogen and oxygen atoms in total. The van der Waals surface area contributed by atoms with E-state index in [9.17, 15) is 15.0 Å². The van der Waals surface area contributed by atoms with Crippen molar-refractivity contribution < 1.29 is 19.7 Å². The molecule has 2 aliphatic carbocycles. The second-order valence-electron chi connectivity index (χ2n) is 9.72. The van der Waals surface area contributed by atoms with Gasteiger partial charge in [0, 0.05) is 29.3 Å². The highest BCUT2D eigenvalue weighted by atomic mass is 16.5. The number of ether oxygens (including phenoxy) is 1. The molecule has 4 N–H and O–H groups in total. The van der Waals surface area contributed by atoms with Crippen molar-refractivity contribution in [2.24, 2.45) is 22.7 Å². The maximum absolute atomic E-state index is 12.4. The summed E-state index contributed by atoms with van der Waals surface area (Å²) in [6, 6.07) is 0. The van der Waals surface area contributed by atoms with Crippen LogP contribution >= 0.6 is 0 Å². The largest absolute Gasteiger partial charge is 0.423 e. The summed E-state index contributed by atoms with van der Waals surface area (Å²) in [4.78, 5) is 20.3. The number of esters is 1. The van der Waals surface area contributed by atoms with Gasteiger partial charge in [0.2, 0.25) is 5.95 Å². The number of nitrogens with zero attached hydrogens (tertiary/aromatic N) is 2. The van der Waals surface area contributed by atoms with Crippen LogP contribution in [0.25, 0.3) is 6.08 Å². The van der Waals surface area contributed by atoms with E-state index in [4.69, 9.17) is 10.5 Å². The van der Waals surface area contributed by atoms with E-state index in [1.807, 2.05) is 19.1 Å². The average Bonchev–Trinajstić information content (AvgIpc) is 3.11. The van der Waals surface area contributed by atoms with Gasteiger partial charge in [0.25, 0.3) is 0 Å². The average molecular weight is 438 g/mol. The monoisotopic (exact) mass is 437 g/mol. The minimum atomic E-state index is -0.539. The van der Waals surface area contributed by atoms with Crippen LogP contribution in [0.5, 0.6) is 0 Å². The number of rotatable bonds is 4. The first-order valence-electron chi connectivity index (χ1n) is 11.1. The van der Waals surface area contributed by atoms with Crippen LogP contribution in [0.4, 0.5) is 5.95 Å². The lowest BCUT2D eigenvalue weighted by molar-refractivity contribution is -0.145. The van der Waals surface area contributed by atoms with Crippen LogP contribution in [-0.4, -0.2) is 38.9 Å². The normalized spacial score (nSPS) is 36.3. The molecule has 0 saturated heterocycles. The summed E-state index contributed by atoms with van der Waals surface area (Å²) in [5.41, 5.74) is 7.09. The zero-order chi connectivity index (χ0) is 23.1. The Morgan fingerprint density at radius 1 is 1.31 bits per heavy atom. The highest BCUT2D eigenvalue weighted by molar-refractivity contribution is 5.96. The molecule has 2 unspecified atom stereocenters. The van der Waals surface area contributed by atoms with Crippen molar-refractivity contribution >= 4 is 18.0 Å². The molecule has 2 heterocycles. The van der Waals surface area contributed by atoms with E-state index in [0.29, 0.717) is 23.3 Å². The van der Waals surface area contributed by atoms with E-state index in [0.717, 1.165) is 24.8 Å². The molecule has 1 aromatic rings. The number of carbonyl (C=O) groups is 1. The molecule has 5 atom stereocenters. The van der Waals surface area contributed by atoms with Crippen molar-refractivity contribution in [3.05, 3.63) is 59.7 Å². The highest BCUT2D eigenvalue weighted by Gasteiger charge is 2.57. The molecular weight excluding hydrogens is 406 g/mol.